The van der Waals surface area contributed by atoms with E-state index in [-0.39, 0.29) is 39.3 Å². The van der Waals surface area contributed by atoms with Gasteiger partial charge < -0.3 is 30.0 Å². The molecule has 0 fully saturated rings. The molecule has 0 aliphatic heterocycles. The van der Waals surface area contributed by atoms with E-state index in [2.05, 4.69) is 20.1 Å². The number of carbonyl (C=O) groups is 4. The van der Waals surface area contributed by atoms with Crippen molar-refractivity contribution in [1.29, 1.82) is 0 Å². The highest BCUT2D eigenvalue weighted by Crippen LogP contribution is 1.99. The maximum Gasteiger partial charge on any atom is 0.325 e. The first-order chi connectivity index (χ1) is 11.8. The zero-order chi connectivity index (χ0) is 19.2. The molecule has 10 heteroatoms. The number of carbonyl (C=O) groups excluding carboxylic acids is 4. The van der Waals surface area contributed by atoms with Crippen LogP contribution in [0.2, 0.25) is 0 Å². The Morgan fingerprint density at radius 2 is 1.56 bits per heavy atom. The second-order valence-corrected chi connectivity index (χ2v) is 4.96. The highest BCUT2D eigenvalue weighted by Gasteiger charge is 2.20. The SMILES string of the molecule is CCOC(=O)CCNC(=O)C(O)OCC(C)C(=O)NCC(=O)OCC. The number of hydrogen-bond acceptors (Lipinski definition) is 8. The first-order valence-electron chi connectivity index (χ1n) is 7.98. The van der Waals surface area contributed by atoms with Crippen LogP contribution in [-0.4, -0.2) is 68.1 Å². The molecular formula is C15H26N2O8. The predicted molar refractivity (Wildman–Crippen MR) is 85.0 cm³/mol. The molecule has 25 heavy (non-hydrogen) atoms. The van der Waals surface area contributed by atoms with Crippen LogP contribution in [0, 0.1) is 5.92 Å². The predicted octanol–water partition coefficient (Wildman–Crippen LogP) is -1.29. The van der Waals surface area contributed by atoms with Gasteiger partial charge in [-0.05, 0) is 13.8 Å². The topological polar surface area (TPSA) is 140 Å². The largest absolute Gasteiger partial charge is 0.466 e. The number of esters is 2. The molecule has 0 saturated carbocycles. The van der Waals surface area contributed by atoms with Crippen LogP contribution in [0.25, 0.3) is 0 Å². The number of rotatable bonds is 12. The zero-order valence-electron chi connectivity index (χ0n) is 14.7. The molecule has 2 unspecified atom stereocenters. The summed E-state index contributed by atoms with van der Waals surface area (Å²) in [5, 5.41) is 14.2. The molecule has 0 radical (unpaired) electrons. The van der Waals surface area contributed by atoms with Crippen molar-refractivity contribution < 1.29 is 38.5 Å². The summed E-state index contributed by atoms with van der Waals surface area (Å²) in [6, 6.07) is 0. The molecule has 0 spiro atoms. The summed E-state index contributed by atoms with van der Waals surface area (Å²) < 4.78 is 14.2. The molecule has 10 nitrogen and oxygen atoms in total. The number of hydrogen-bond donors (Lipinski definition) is 3. The first kappa shape index (κ1) is 22.8. The van der Waals surface area contributed by atoms with E-state index in [0.717, 1.165) is 0 Å². The van der Waals surface area contributed by atoms with Crippen LogP contribution in [-0.2, 0) is 33.4 Å². The minimum atomic E-state index is -1.78. The summed E-state index contributed by atoms with van der Waals surface area (Å²) >= 11 is 0. The van der Waals surface area contributed by atoms with Gasteiger partial charge in [-0.3, -0.25) is 19.2 Å². The van der Waals surface area contributed by atoms with Gasteiger partial charge in [0.2, 0.25) is 12.2 Å². The number of aliphatic hydroxyl groups is 1. The van der Waals surface area contributed by atoms with Crippen LogP contribution in [0.4, 0.5) is 0 Å². The van der Waals surface area contributed by atoms with Crippen LogP contribution < -0.4 is 10.6 Å². The van der Waals surface area contributed by atoms with Gasteiger partial charge in [-0.2, -0.15) is 0 Å². The molecule has 3 N–H and O–H groups in total. The molecule has 0 rings (SSSR count). The van der Waals surface area contributed by atoms with E-state index in [0.29, 0.717) is 0 Å². The Morgan fingerprint density at radius 3 is 2.16 bits per heavy atom. The fraction of sp³-hybridized carbons (Fsp3) is 0.733. The highest BCUT2D eigenvalue weighted by atomic mass is 16.6. The minimum Gasteiger partial charge on any atom is -0.466 e. The molecule has 0 aromatic carbocycles. The lowest BCUT2D eigenvalue weighted by Crippen LogP contribution is -2.40. The Hall–Kier alpha value is -2.20. The molecule has 0 bridgehead atoms. The van der Waals surface area contributed by atoms with Crippen LogP contribution in [0.1, 0.15) is 27.2 Å². The summed E-state index contributed by atoms with van der Waals surface area (Å²) in [7, 11) is 0. The third-order valence-corrected chi connectivity index (χ3v) is 2.82. The van der Waals surface area contributed by atoms with E-state index in [4.69, 9.17) is 4.74 Å². The summed E-state index contributed by atoms with van der Waals surface area (Å²) in [6.07, 6.45) is -1.80. The van der Waals surface area contributed by atoms with E-state index >= 15 is 0 Å². The number of ether oxygens (including phenoxy) is 3. The van der Waals surface area contributed by atoms with Gasteiger partial charge in [0.1, 0.15) is 6.54 Å². The second-order valence-electron chi connectivity index (χ2n) is 4.96. The Balaban J connectivity index is 3.99. The van der Waals surface area contributed by atoms with Gasteiger partial charge in [-0.25, -0.2) is 0 Å². The quantitative estimate of drug-likeness (QED) is 0.288. The fourth-order valence-corrected chi connectivity index (χ4v) is 1.54. The van der Waals surface area contributed by atoms with Crippen LogP contribution in [0.3, 0.4) is 0 Å². The smallest absolute Gasteiger partial charge is 0.325 e. The Labute approximate surface area is 146 Å². The van der Waals surface area contributed by atoms with Crippen molar-refractivity contribution >= 4 is 23.8 Å². The molecule has 0 saturated heterocycles. The standard InChI is InChI=1S/C15H26N2O8/c1-4-23-11(18)6-7-16-14(21)15(22)25-9-10(3)13(20)17-8-12(19)24-5-2/h10,15,22H,4-9H2,1-3H3,(H,16,21)(H,17,20). The summed E-state index contributed by atoms with van der Waals surface area (Å²) in [6.45, 7) is 4.77. The normalized spacial score (nSPS) is 12.6. The maximum atomic E-state index is 11.7. The van der Waals surface area contributed by atoms with Crippen molar-refractivity contribution in [1.82, 2.24) is 10.6 Å². The van der Waals surface area contributed by atoms with Crippen molar-refractivity contribution in [2.24, 2.45) is 5.92 Å². The molecule has 2 atom stereocenters. The first-order valence-corrected chi connectivity index (χ1v) is 7.98. The van der Waals surface area contributed by atoms with E-state index in [1.54, 1.807) is 13.8 Å². The van der Waals surface area contributed by atoms with Crippen molar-refractivity contribution in [3.63, 3.8) is 0 Å². The van der Waals surface area contributed by atoms with Crippen LogP contribution in [0.15, 0.2) is 0 Å². The lowest BCUT2D eigenvalue weighted by Gasteiger charge is -2.15. The molecule has 0 aromatic rings. The van der Waals surface area contributed by atoms with Gasteiger partial charge >= 0.3 is 11.9 Å². The van der Waals surface area contributed by atoms with E-state index in [9.17, 15) is 24.3 Å². The average molecular weight is 362 g/mol. The Morgan fingerprint density at radius 1 is 0.960 bits per heavy atom. The number of nitrogens with one attached hydrogen (secondary N) is 2. The Kier molecular flexibility index (Phi) is 12.0. The average Bonchev–Trinajstić information content (AvgIpc) is 2.57. The second kappa shape index (κ2) is 13.1. The molecule has 0 aliphatic carbocycles. The molecule has 0 aliphatic rings. The summed E-state index contributed by atoms with van der Waals surface area (Å²) in [4.78, 5) is 45.5. The van der Waals surface area contributed by atoms with Gasteiger partial charge in [0.25, 0.3) is 5.91 Å². The summed E-state index contributed by atoms with van der Waals surface area (Å²) in [5.74, 6) is -3.04. The molecular weight excluding hydrogens is 336 g/mol. The lowest BCUT2D eigenvalue weighted by molar-refractivity contribution is -0.162. The molecule has 0 aromatic heterocycles. The van der Waals surface area contributed by atoms with Gasteiger partial charge in [-0.1, -0.05) is 6.92 Å². The number of aliphatic hydroxyl groups excluding tert-OH is 1. The Bertz CT molecular complexity index is 455. The monoisotopic (exact) mass is 362 g/mol. The van der Waals surface area contributed by atoms with Gasteiger partial charge in [0.15, 0.2) is 0 Å². The summed E-state index contributed by atoms with van der Waals surface area (Å²) in [5.41, 5.74) is 0. The van der Waals surface area contributed by atoms with Crippen molar-refractivity contribution in [3.05, 3.63) is 0 Å². The molecule has 0 heterocycles. The van der Waals surface area contributed by atoms with Crippen molar-refractivity contribution in [2.75, 3.05) is 32.9 Å². The van der Waals surface area contributed by atoms with Crippen LogP contribution >= 0.6 is 0 Å². The van der Waals surface area contributed by atoms with Gasteiger partial charge in [0, 0.05) is 6.54 Å². The fourth-order valence-electron chi connectivity index (χ4n) is 1.54. The van der Waals surface area contributed by atoms with E-state index < -0.39 is 36.0 Å². The van der Waals surface area contributed by atoms with Gasteiger partial charge in [0.05, 0.1) is 32.2 Å². The molecule has 2 amide bonds. The van der Waals surface area contributed by atoms with Crippen LogP contribution in [0.5, 0.6) is 0 Å². The molecule has 144 valence electrons. The van der Waals surface area contributed by atoms with Crippen molar-refractivity contribution in [2.45, 2.75) is 33.5 Å². The lowest BCUT2D eigenvalue weighted by atomic mass is 10.2. The van der Waals surface area contributed by atoms with Gasteiger partial charge in [-0.15, -0.1) is 0 Å². The number of amides is 2. The third-order valence-electron chi connectivity index (χ3n) is 2.82. The van der Waals surface area contributed by atoms with Crippen molar-refractivity contribution in [3.8, 4) is 0 Å². The highest BCUT2D eigenvalue weighted by molar-refractivity contribution is 5.83. The maximum absolute atomic E-state index is 11.7. The zero-order valence-corrected chi connectivity index (χ0v) is 14.7. The minimum absolute atomic E-state index is 0.00628. The van der Waals surface area contributed by atoms with E-state index in [1.165, 1.54) is 6.92 Å². The van der Waals surface area contributed by atoms with E-state index in [1.807, 2.05) is 0 Å². The third kappa shape index (κ3) is 11.1.